The van der Waals surface area contributed by atoms with E-state index in [-0.39, 0.29) is 17.4 Å². The quantitative estimate of drug-likeness (QED) is 0.398. The van der Waals surface area contributed by atoms with Crippen molar-refractivity contribution in [3.63, 3.8) is 0 Å². The van der Waals surface area contributed by atoms with E-state index >= 15 is 0 Å². The van der Waals surface area contributed by atoms with Crippen LogP contribution in [0, 0.1) is 11.8 Å². The van der Waals surface area contributed by atoms with Crippen LogP contribution in [0.2, 0.25) is 0 Å². The average molecular weight is 333 g/mol. The lowest BCUT2D eigenvalue weighted by atomic mass is 10.0. The van der Waals surface area contributed by atoms with Crippen LogP contribution >= 0.6 is 23.2 Å². The van der Waals surface area contributed by atoms with Crippen LogP contribution in [-0.2, 0) is 0 Å². The monoisotopic (exact) mass is 332 g/mol. The molecule has 0 aromatic heterocycles. The first kappa shape index (κ1) is 18.2. The van der Waals surface area contributed by atoms with Crippen molar-refractivity contribution in [1.29, 1.82) is 0 Å². The Balaban J connectivity index is 3.02. The molecular weight excluding hydrogens is 313 g/mol. The summed E-state index contributed by atoms with van der Waals surface area (Å²) in [6.07, 6.45) is 4.38. The van der Waals surface area contributed by atoms with Gasteiger partial charge in [0.2, 0.25) is 0 Å². The third-order valence-electron chi connectivity index (χ3n) is 3.44. The molecule has 1 saturated carbocycles. The van der Waals surface area contributed by atoms with Gasteiger partial charge in [0.15, 0.2) is 0 Å². The van der Waals surface area contributed by atoms with Crippen molar-refractivity contribution in [2.75, 3.05) is 0 Å². The molecule has 0 radical (unpaired) electrons. The van der Waals surface area contributed by atoms with E-state index in [0.717, 1.165) is 11.1 Å². The topological polar surface area (TPSA) is 0 Å². The smallest absolute Gasteiger partial charge is 0.205 e. The minimum absolute atomic E-state index is 0.143. The number of halogens is 4. The van der Waals surface area contributed by atoms with Gasteiger partial charge in [-0.25, -0.2) is 8.78 Å². The highest BCUT2D eigenvalue weighted by Gasteiger charge is 2.64. The van der Waals surface area contributed by atoms with Crippen LogP contribution in [0.1, 0.15) is 20.8 Å². The van der Waals surface area contributed by atoms with Crippen molar-refractivity contribution in [2.45, 2.75) is 31.5 Å². The Kier molecular flexibility index (Phi) is 6.01. The largest absolute Gasteiger partial charge is 0.263 e. The molecule has 0 bridgehead atoms. The van der Waals surface area contributed by atoms with Crippen molar-refractivity contribution in [2.24, 2.45) is 11.8 Å². The molecule has 0 nitrogen and oxygen atoms in total. The second-order valence-electron chi connectivity index (χ2n) is 5.51. The minimum atomic E-state index is -2.57. The Hall–Kier alpha value is -0.860. The molecule has 0 aromatic rings. The molecule has 1 rings (SSSR count). The molecule has 1 aliphatic rings. The normalized spacial score (nSPS) is 24.8. The summed E-state index contributed by atoms with van der Waals surface area (Å²) >= 11 is 12.6. The third-order valence-corrected chi connectivity index (χ3v) is 4.38. The van der Waals surface area contributed by atoms with Gasteiger partial charge in [0, 0.05) is 17.4 Å². The zero-order chi connectivity index (χ0) is 16.4. The molecule has 1 fully saturated rings. The zero-order valence-corrected chi connectivity index (χ0v) is 14.0. The van der Waals surface area contributed by atoms with Gasteiger partial charge < -0.3 is 0 Å². The second-order valence-corrected chi connectivity index (χ2v) is 6.95. The Morgan fingerprint density at radius 1 is 1.14 bits per heavy atom. The van der Waals surface area contributed by atoms with Gasteiger partial charge in [0.25, 0.3) is 6.43 Å². The fourth-order valence-electron chi connectivity index (χ4n) is 2.31. The number of hydrogen-bond donors (Lipinski definition) is 0. The van der Waals surface area contributed by atoms with Gasteiger partial charge in [-0.2, -0.15) is 0 Å². The third kappa shape index (κ3) is 4.31. The minimum Gasteiger partial charge on any atom is -0.205 e. The first-order chi connectivity index (χ1) is 9.62. The molecule has 0 aromatic carbocycles. The van der Waals surface area contributed by atoms with E-state index in [1.54, 1.807) is 13.0 Å². The van der Waals surface area contributed by atoms with Gasteiger partial charge in [-0.3, -0.25) is 0 Å². The summed E-state index contributed by atoms with van der Waals surface area (Å²) in [6, 6.07) is 0. The Morgan fingerprint density at radius 3 is 2.14 bits per heavy atom. The molecule has 0 amide bonds. The molecule has 0 saturated heterocycles. The summed E-state index contributed by atoms with van der Waals surface area (Å²) in [4.78, 5) is 0. The highest BCUT2D eigenvalue weighted by atomic mass is 35.5. The van der Waals surface area contributed by atoms with Crippen LogP contribution in [0.25, 0.3) is 0 Å². The van der Waals surface area contributed by atoms with Crippen molar-refractivity contribution in [3.05, 3.63) is 59.8 Å². The SMILES string of the molecule is C=C/C(=C\C=C(C)C)C1C(/C(C)=C/C(=C)C(F)F)C1(Cl)Cl. The number of allylic oxidation sites excluding steroid dienone is 8. The molecule has 0 N–H and O–H groups in total. The first-order valence-corrected chi connectivity index (χ1v) is 7.39. The Morgan fingerprint density at radius 2 is 1.71 bits per heavy atom. The molecule has 0 spiro atoms. The fraction of sp³-hybridized carbons (Fsp3) is 0.412. The second kappa shape index (κ2) is 6.93. The van der Waals surface area contributed by atoms with Crippen molar-refractivity contribution in [3.8, 4) is 0 Å². The van der Waals surface area contributed by atoms with Crippen molar-refractivity contribution >= 4 is 23.2 Å². The van der Waals surface area contributed by atoms with E-state index in [9.17, 15) is 8.78 Å². The summed E-state index contributed by atoms with van der Waals surface area (Å²) in [5, 5.41) is 0. The molecule has 1 aliphatic carbocycles. The number of alkyl halides is 4. The van der Waals surface area contributed by atoms with Gasteiger partial charge in [0.1, 0.15) is 4.33 Å². The van der Waals surface area contributed by atoms with Crippen molar-refractivity contribution in [1.82, 2.24) is 0 Å². The summed E-state index contributed by atoms with van der Waals surface area (Å²) in [5.41, 5.74) is 2.53. The summed E-state index contributed by atoms with van der Waals surface area (Å²) in [6.45, 7) is 12.8. The maximum atomic E-state index is 12.6. The average Bonchev–Trinajstić information content (AvgIpc) is 2.92. The molecule has 0 aliphatic heterocycles. The van der Waals surface area contributed by atoms with Crippen LogP contribution in [0.3, 0.4) is 0 Å². The van der Waals surface area contributed by atoms with Crippen LogP contribution in [0.5, 0.6) is 0 Å². The molecule has 21 heavy (non-hydrogen) atoms. The van der Waals surface area contributed by atoms with Crippen LogP contribution in [0.15, 0.2) is 59.8 Å². The Labute approximate surface area is 135 Å². The van der Waals surface area contributed by atoms with Gasteiger partial charge in [0.05, 0.1) is 0 Å². The van der Waals surface area contributed by atoms with Crippen molar-refractivity contribution < 1.29 is 8.78 Å². The maximum absolute atomic E-state index is 12.6. The van der Waals surface area contributed by atoms with E-state index in [4.69, 9.17) is 23.2 Å². The van der Waals surface area contributed by atoms with E-state index in [1.165, 1.54) is 6.08 Å². The van der Waals surface area contributed by atoms with E-state index in [0.29, 0.717) is 5.57 Å². The molecule has 4 heteroatoms. The van der Waals surface area contributed by atoms with E-state index in [2.05, 4.69) is 13.2 Å². The lowest BCUT2D eigenvalue weighted by Gasteiger charge is -2.03. The van der Waals surface area contributed by atoms with Crippen LogP contribution in [0.4, 0.5) is 8.78 Å². The molecular formula is C17H20Cl2F2. The predicted octanol–water partition coefficient (Wildman–Crippen LogP) is 6.25. The van der Waals surface area contributed by atoms with Gasteiger partial charge in [-0.1, -0.05) is 48.6 Å². The maximum Gasteiger partial charge on any atom is 0.263 e. The van der Waals surface area contributed by atoms with E-state index < -0.39 is 10.8 Å². The lowest BCUT2D eigenvalue weighted by Crippen LogP contribution is -1.96. The van der Waals surface area contributed by atoms with Gasteiger partial charge >= 0.3 is 0 Å². The predicted molar refractivity (Wildman–Crippen MR) is 88.0 cm³/mol. The van der Waals surface area contributed by atoms with Crippen LogP contribution < -0.4 is 0 Å². The van der Waals surface area contributed by atoms with Gasteiger partial charge in [-0.05, 0) is 26.3 Å². The first-order valence-electron chi connectivity index (χ1n) is 6.63. The highest BCUT2D eigenvalue weighted by molar-refractivity contribution is 6.51. The Bertz CT molecular complexity index is 521. The summed E-state index contributed by atoms with van der Waals surface area (Å²) in [7, 11) is 0. The highest BCUT2D eigenvalue weighted by Crippen LogP contribution is 2.65. The number of rotatable bonds is 6. The number of hydrogen-bond acceptors (Lipinski definition) is 0. The van der Waals surface area contributed by atoms with Gasteiger partial charge in [-0.15, -0.1) is 23.2 Å². The van der Waals surface area contributed by atoms with E-state index in [1.807, 2.05) is 26.0 Å². The zero-order valence-electron chi connectivity index (χ0n) is 12.5. The summed E-state index contributed by atoms with van der Waals surface area (Å²) < 4.78 is 24.1. The lowest BCUT2D eigenvalue weighted by molar-refractivity contribution is 0.194. The van der Waals surface area contributed by atoms with Crippen LogP contribution in [-0.4, -0.2) is 10.8 Å². The molecule has 2 unspecified atom stereocenters. The standard InChI is InChI=1S/C17H20Cl2F2/c1-6-13(8-7-10(2)3)15-14(17(15,18)19)11(4)9-12(5)16(20)21/h6-9,14-16H,1,5H2,2-4H3/b11-9+,13-8+. The molecule has 0 heterocycles. The fourth-order valence-corrected chi connectivity index (χ4v) is 3.29. The molecule has 116 valence electrons. The molecule has 2 atom stereocenters. The summed E-state index contributed by atoms with van der Waals surface area (Å²) in [5.74, 6) is -0.346.